The van der Waals surface area contributed by atoms with Crippen LogP contribution in [0.5, 0.6) is 0 Å². The summed E-state index contributed by atoms with van der Waals surface area (Å²) >= 11 is 3.16. The van der Waals surface area contributed by atoms with Gasteiger partial charge in [-0.1, -0.05) is 23.9 Å². The van der Waals surface area contributed by atoms with Crippen molar-refractivity contribution < 1.29 is 9.59 Å². The molecule has 0 aliphatic carbocycles. The second kappa shape index (κ2) is 9.47. The molecule has 136 valence electrons. The van der Waals surface area contributed by atoms with Gasteiger partial charge in [0.15, 0.2) is 4.34 Å². The molecule has 1 unspecified atom stereocenters. The molecule has 1 aromatic carbocycles. The number of likely N-dealkylation sites (N-methyl/N-ethyl adjacent to an activating group) is 1. The highest BCUT2D eigenvalue weighted by molar-refractivity contribution is 8.01. The van der Waals surface area contributed by atoms with Crippen molar-refractivity contribution in [3.63, 3.8) is 0 Å². The summed E-state index contributed by atoms with van der Waals surface area (Å²) in [5, 5.41) is 5.49. The summed E-state index contributed by atoms with van der Waals surface area (Å²) in [5.74, 6) is 0.582. The molecule has 1 heterocycles. The van der Waals surface area contributed by atoms with Crippen LogP contribution < -0.4 is 16.4 Å². The number of nitrogens with one attached hydrogen (secondary N) is 2. The third-order valence-electron chi connectivity index (χ3n) is 3.47. The number of nitrogens with two attached hydrogens (primary N) is 1. The highest BCUT2D eigenvalue weighted by Crippen LogP contribution is 2.29. The largest absolute Gasteiger partial charge is 0.352 e. The summed E-state index contributed by atoms with van der Waals surface area (Å²) in [6.07, 6.45) is 0. The number of nitrogens with zero attached hydrogens (tertiary/aromatic N) is 2. The molecule has 0 aliphatic rings. The molecule has 9 heteroatoms. The molecule has 0 fully saturated rings. The van der Waals surface area contributed by atoms with E-state index in [-0.39, 0.29) is 12.1 Å². The Kier molecular flexibility index (Phi) is 7.32. The van der Waals surface area contributed by atoms with Crippen LogP contribution >= 0.6 is 23.1 Å². The number of para-hydroxylation sites is 1. The van der Waals surface area contributed by atoms with Gasteiger partial charge in [0.05, 0.1) is 16.3 Å². The molecule has 25 heavy (non-hydrogen) atoms. The zero-order chi connectivity index (χ0) is 18.2. The second-order valence-corrected chi connectivity index (χ2v) is 7.64. The Morgan fingerprint density at radius 3 is 2.76 bits per heavy atom. The Morgan fingerprint density at radius 1 is 1.36 bits per heavy atom. The molecule has 7 nitrogen and oxygen atoms in total. The maximum absolute atomic E-state index is 12.0. The van der Waals surface area contributed by atoms with Crippen molar-refractivity contribution in [2.45, 2.75) is 24.2 Å². The number of carbonyl (C=O) groups is 2. The monoisotopic (exact) mass is 381 g/mol. The minimum atomic E-state index is -0.596. The molecule has 4 amide bonds. The second-order valence-electron chi connectivity index (χ2n) is 5.34. The summed E-state index contributed by atoms with van der Waals surface area (Å²) < 4.78 is 2.06. The number of hydrogen-bond acceptors (Lipinski definition) is 5. The first-order valence-electron chi connectivity index (χ1n) is 8.10. The van der Waals surface area contributed by atoms with Gasteiger partial charge in [0.1, 0.15) is 0 Å². The molecule has 2 rings (SSSR count). The standard InChI is InChI=1S/C16H23N5O2S2/c1-3-18-15(23)21(4-2)9-11(19-14(17)22)10-24-16-20-12-7-5-6-8-13(12)25-16/h5-8,11H,3-4,9-10H2,1-2H3,(H,18,23)(H3,17,19,22). The molecule has 0 saturated heterocycles. The van der Waals surface area contributed by atoms with E-state index in [9.17, 15) is 9.59 Å². The fourth-order valence-electron chi connectivity index (χ4n) is 2.31. The van der Waals surface area contributed by atoms with Gasteiger partial charge in [-0.3, -0.25) is 0 Å². The molecule has 0 saturated carbocycles. The fourth-order valence-corrected chi connectivity index (χ4v) is 4.41. The van der Waals surface area contributed by atoms with Crippen LogP contribution in [0.15, 0.2) is 28.6 Å². The van der Waals surface area contributed by atoms with Gasteiger partial charge in [-0.15, -0.1) is 11.3 Å². The van der Waals surface area contributed by atoms with Gasteiger partial charge in [-0.05, 0) is 26.0 Å². The van der Waals surface area contributed by atoms with Crippen LogP contribution in [0, 0.1) is 0 Å². The van der Waals surface area contributed by atoms with Gasteiger partial charge >= 0.3 is 12.1 Å². The van der Waals surface area contributed by atoms with Gasteiger partial charge in [-0.25, -0.2) is 14.6 Å². The average Bonchev–Trinajstić information content (AvgIpc) is 2.99. The summed E-state index contributed by atoms with van der Waals surface area (Å²) in [6, 6.07) is 6.95. The SMILES string of the molecule is CCNC(=O)N(CC)CC(CSc1nc2ccccc2s1)NC(N)=O. The lowest BCUT2D eigenvalue weighted by Gasteiger charge is -2.26. The van der Waals surface area contributed by atoms with Gasteiger partial charge in [0, 0.05) is 25.4 Å². The normalized spacial score (nSPS) is 11.9. The van der Waals surface area contributed by atoms with E-state index in [1.807, 2.05) is 38.1 Å². The quantitative estimate of drug-likeness (QED) is 0.612. The van der Waals surface area contributed by atoms with Crippen LogP contribution in [-0.4, -0.2) is 53.4 Å². The zero-order valence-corrected chi connectivity index (χ0v) is 16.0. The summed E-state index contributed by atoms with van der Waals surface area (Å²) in [7, 11) is 0. The fraction of sp³-hybridized carbons (Fsp3) is 0.438. The Labute approximate surface area is 155 Å². The minimum Gasteiger partial charge on any atom is -0.352 e. The van der Waals surface area contributed by atoms with E-state index in [0.717, 1.165) is 14.6 Å². The third kappa shape index (κ3) is 5.79. The van der Waals surface area contributed by atoms with Gasteiger partial charge in [0.25, 0.3) is 0 Å². The van der Waals surface area contributed by atoms with E-state index in [1.54, 1.807) is 28.0 Å². The van der Waals surface area contributed by atoms with Crippen molar-refractivity contribution >= 4 is 45.4 Å². The zero-order valence-electron chi connectivity index (χ0n) is 14.3. The van der Waals surface area contributed by atoms with Crippen molar-refractivity contribution in [1.29, 1.82) is 0 Å². The van der Waals surface area contributed by atoms with Crippen molar-refractivity contribution in [2.24, 2.45) is 5.73 Å². The first-order chi connectivity index (χ1) is 12.0. The van der Waals surface area contributed by atoms with Crippen molar-refractivity contribution in [3.8, 4) is 0 Å². The number of hydrogen-bond donors (Lipinski definition) is 3. The molecule has 1 atom stereocenters. The van der Waals surface area contributed by atoms with Crippen molar-refractivity contribution in [2.75, 3.05) is 25.4 Å². The number of carbonyl (C=O) groups excluding carboxylic acids is 2. The molecule has 0 spiro atoms. The van der Waals surface area contributed by atoms with Crippen LogP contribution in [0.4, 0.5) is 9.59 Å². The number of amides is 4. The smallest absolute Gasteiger partial charge is 0.317 e. The van der Waals surface area contributed by atoms with Gasteiger partial charge in [-0.2, -0.15) is 0 Å². The lowest BCUT2D eigenvalue weighted by molar-refractivity contribution is 0.195. The van der Waals surface area contributed by atoms with E-state index in [4.69, 9.17) is 5.73 Å². The number of urea groups is 2. The minimum absolute atomic E-state index is 0.147. The molecule has 0 aliphatic heterocycles. The molecule has 0 radical (unpaired) electrons. The summed E-state index contributed by atoms with van der Waals surface area (Å²) in [6.45, 7) is 5.27. The Bertz CT molecular complexity index is 688. The predicted octanol–water partition coefficient (Wildman–Crippen LogP) is 2.48. The molecule has 4 N–H and O–H groups in total. The lowest BCUT2D eigenvalue weighted by atomic mass is 10.3. The Morgan fingerprint density at radius 2 is 2.12 bits per heavy atom. The number of rotatable bonds is 8. The maximum atomic E-state index is 12.0. The van der Waals surface area contributed by atoms with E-state index < -0.39 is 6.03 Å². The molecule has 0 bridgehead atoms. The van der Waals surface area contributed by atoms with Gasteiger partial charge < -0.3 is 21.3 Å². The van der Waals surface area contributed by atoms with Crippen LogP contribution in [0.1, 0.15) is 13.8 Å². The highest BCUT2D eigenvalue weighted by atomic mass is 32.2. The molecular formula is C16H23N5O2S2. The van der Waals surface area contributed by atoms with Crippen LogP contribution in [0.3, 0.4) is 0 Å². The van der Waals surface area contributed by atoms with Crippen LogP contribution in [0.25, 0.3) is 10.2 Å². The van der Waals surface area contributed by atoms with E-state index >= 15 is 0 Å². The number of fused-ring (bicyclic) bond motifs is 1. The topological polar surface area (TPSA) is 100 Å². The molecule has 2 aromatic rings. The maximum Gasteiger partial charge on any atom is 0.317 e. The number of thioether (sulfide) groups is 1. The van der Waals surface area contributed by atoms with Crippen LogP contribution in [-0.2, 0) is 0 Å². The lowest BCUT2D eigenvalue weighted by Crippen LogP contribution is -2.50. The Balaban J connectivity index is 2.01. The van der Waals surface area contributed by atoms with Crippen LogP contribution in [0.2, 0.25) is 0 Å². The number of thiazole rings is 1. The number of primary amides is 1. The predicted molar refractivity (Wildman–Crippen MR) is 103 cm³/mol. The molecular weight excluding hydrogens is 358 g/mol. The van der Waals surface area contributed by atoms with Crippen molar-refractivity contribution in [1.82, 2.24) is 20.5 Å². The van der Waals surface area contributed by atoms with E-state index in [1.165, 1.54) is 0 Å². The third-order valence-corrected chi connectivity index (χ3v) is 5.81. The average molecular weight is 382 g/mol. The number of aromatic nitrogens is 1. The van der Waals surface area contributed by atoms with Gasteiger partial charge in [0.2, 0.25) is 0 Å². The highest BCUT2D eigenvalue weighted by Gasteiger charge is 2.19. The number of benzene rings is 1. The summed E-state index contributed by atoms with van der Waals surface area (Å²) in [5.41, 5.74) is 6.25. The van der Waals surface area contributed by atoms with Crippen molar-refractivity contribution in [3.05, 3.63) is 24.3 Å². The Hall–Kier alpha value is -2.00. The first kappa shape index (κ1) is 19.3. The van der Waals surface area contributed by atoms with E-state index in [2.05, 4.69) is 15.6 Å². The first-order valence-corrected chi connectivity index (χ1v) is 9.90. The molecule has 1 aromatic heterocycles. The van der Waals surface area contributed by atoms with E-state index in [0.29, 0.717) is 25.4 Å². The summed E-state index contributed by atoms with van der Waals surface area (Å²) in [4.78, 5) is 29.6.